The number of ether oxygens (including phenoxy) is 1. The number of rotatable bonds is 0. The third kappa shape index (κ3) is 0.885. The van der Waals surface area contributed by atoms with Gasteiger partial charge >= 0.3 is 0 Å². The Balaban J connectivity index is 2.14. The molecule has 0 bridgehead atoms. The van der Waals surface area contributed by atoms with Gasteiger partial charge in [0.1, 0.15) is 0 Å². The third-order valence-electron chi connectivity index (χ3n) is 1.60. The van der Waals surface area contributed by atoms with Gasteiger partial charge in [-0.1, -0.05) is 0 Å². The van der Waals surface area contributed by atoms with Crippen molar-refractivity contribution in [1.82, 2.24) is 5.48 Å². The number of fused-ring (bicyclic) bond motifs is 1. The molecule has 2 aliphatic rings. The van der Waals surface area contributed by atoms with Gasteiger partial charge in [-0.15, -0.1) is 0 Å². The molecule has 2 aliphatic heterocycles. The first-order valence-corrected chi connectivity index (χ1v) is 3.39. The lowest BCUT2D eigenvalue weighted by Crippen LogP contribution is -2.33. The Morgan fingerprint density at radius 1 is 1.60 bits per heavy atom. The maximum atomic E-state index is 5.27. The van der Waals surface area contributed by atoms with Crippen LogP contribution >= 0.6 is 0 Å². The number of nitrogens with one attached hydrogen (secondary N) is 1. The van der Waals surface area contributed by atoms with Crippen molar-refractivity contribution in [2.45, 2.75) is 12.5 Å². The quantitative estimate of drug-likeness (QED) is 0.536. The van der Waals surface area contributed by atoms with Crippen molar-refractivity contribution in [3.63, 3.8) is 0 Å². The van der Waals surface area contributed by atoms with E-state index in [4.69, 9.17) is 9.57 Å². The van der Waals surface area contributed by atoms with Crippen LogP contribution in [0.3, 0.4) is 0 Å². The summed E-state index contributed by atoms with van der Waals surface area (Å²) in [5.41, 5.74) is 2.80. The third-order valence-corrected chi connectivity index (χ3v) is 1.60. The molecule has 0 aromatic carbocycles. The van der Waals surface area contributed by atoms with Crippen LogP contribution in [0.25, 0.3) is 0 Å². The zero-order chi connectivity index (χ0) is 6.81. The molecule has 0 aromatic rings. The Labute approximate surface area is 59.3 Å². The van der Waals surface area contributed by atoms with Crippen LogP contribution in [0.5, 0.6) is 0 Å². The van der Waals surface area contributed by atoms with Crippen molar-refractivity contribution in [3.8, 4) is 0 Å². The second kappa shape index (κ2) is 2.34. The molecular formula is C7H9NO2. The fourth-order valence-corrected chi connectivity index (χ4v) is 1.08. The number of hydrogen-bond acceptors (Lipinski definition) is 3. The van der Waals surface area contributed by atoms with Crippen LogP contribution in [-0.2, 0) is 9.57 Å². The number of hydrogen-bond donors (Lipinski definition) is 1. The van der Waals surface area contributed by atoms with Gasteiger partial charge in [0.15, 0.2) is 11.9 Å². The number of allylic oxidation sites excluding steroid dienone is 2. The summed E-state index contributed by atoms with van der Waals surface area (Å²) in [4.78, 5) is 5.12. The summed E-state index contributed by atoms with van der Waals surface area (Å²) in [7, 11) is 0. The highest BCUT2D eigenvalue weighted by Crippen LogP contribution is 2.18. The second-order valence-corrected chi connectivity index (χ2v) is 2.31. The summed E-state index contributed by atoms with van der Waals surface area (Å²) in [6.45, 7) is 0.857. The minimum atomic E-state index is 0.145. The minimum absolute atomic E-state index is 0.145. The molecule has 0 radical (unpaired) electrons. The van der Waals surface area contributed by atoms with E-state index in [1.807, 2.05) is 12.2 Å². The van der Waals surface area contributed by atoms with Crippen LogP contribution in [0.4, 0.5) is 0 Å². The Morgan fingerprint density at radius 2 is 2.60 bits per heavy atom. The largest absolute Gasteiger partial charge is 0.490 e. The second-order valence-electron chi connectivity index (χ2n) is 2.31. The fraction of sp³-hybridized carbons (Fsp3) is 0.429. The Morgan fingerprint density at radius 3 is 3.50 bits per heavy atom. The summed E-state index contributed by atoms with van der Waals surface area (Å²) in [6, 6.07) is 0. The molecule has 3 nitrogen and oxygen atoms in total. The molecule has 0 aliphatic carbocycles. The molecular weight excluding hydrogens is 130 g/mol. The van der Waals surface area contributed by atoms with Crippen molar-refractivity contribution in [2.24, 2.45) is 0 Å². The van der Waals surface area contributed by atoms with Gasteiger partial charge in [0.25, 0.3) is 0 Å². The van der Waals surface area contributed by atoms with Crippen molar-refractivity contribution in [2.75, 3.05) is 6.54 Å². The minimum Gasteiger partial charge on any atom is -0.490 e. The zero-order valence-corrected chi connectivity index (χ0v) is 5.54. The van der Waals surface area contributed by atoms with E-state index < -0.39 is 0 Å². The van der Waals surface area contributed by atoms with Gasteiger partial charge in [-0.25, -0.2) is 0 Å². The smallest absolute Gasteiger partial charge is 0.164 e. The van der Waals surface area contributed by atoms with E-state index in [-0.39, 0.29) is 6.10 Å². The average Bonchev–Trinajstić information content (AvgIpc) is 2.05. The van der Waals surface area contributed by atoms with Crippen LogP contribution in [0, 0.1) is 0 Å². The summed E-state index contributed by atoms with van der Waals surface area (Å²) >= 11 is 0. The topological polar surface area (TPSA) is 30.5 Å². The Hall–Kier alpha value is -0.960. The molecule has 1 unspecified atom stereocenters. The van der Waals surface area contributed by atoms with Crippen molar-refractivity contribution in [3.05, 3.63) is 24.2 Å². The van der Waals surface area contributed by atoms with Crippen LogP contribution in [0.2, 0.25) is 0 Å². The van der Waals surface area contributed by atoms with E-state index in [0.29, 0.717) is 0 Å². The first-order valence-electron chi connectivity index (χ1n) is 3.39. The number of hydroxylamine groups is 1. The van der Waals surface area contributed by atoms with E-state index in [0.717, 1.165) is 18.7 Å². The predicted molar refractivity (Wildman–Crippen MR) is 35.8 cm³/mol. The van der Waals surface area contributed by atoms with E-state index in [1.54, 1.807) is 6.26 Å². The van der Waals surface area contributed by atoms with Crippen LogP contribution in [0.1, 0.15) is 6.42 Å². The Bertz CT molecular complexity index is 186. The standard InChI is InChI=1S/C7H9NO2/c1-2-7-6(9-5-1)3-4-8-10-7/h1-2,5-6,8H,3-4H2. The molecule has 54 valence electrons. The highest BCUT2D eigenvalue weighted by atomic mass is 16.7. The monoisotopic (exact) mass is 139 g/mol. The lowest BCUT2D eigenvalue weighted by atomic mass is 10.1. The average molecular weight is 139 g/mol. The molecule has 1 atom stereocenters. The van der Waals surface area contributed by atoms with E-state index in [2.05, 4.69) is 5.48 Å². The van der Waals surface area contributed by atoms with Gasteiger partial charge in [0.2, 0.25) is 0 Å². The molecule has 2 heterocycles. The molecule has 1 N–H and O–H groups in total. The molecule has 0 spiro atoms. The van der Waals surface area contributed by atoms with Gasteiger partial charge < -0.3 is 9.57 Å². The molecule has 10 heavy (non-hydrogen) atoms. The summed E-state index contributed by atoms with van der Waals surface area (Å²) in [5, 5.41) is 0. The molecule has 0 saturated carbocycles. The SMILES string of the molecule is C1=COC2CCNOC2=C1. The molecule has 0 aromatic heterocycles. The molecule has 2 rings (SSSR count). The lowest BCUT2D eigenvalue weighted by molar-refractivity contribution is -0.00752. The first-order chi connectivity index (χ1) is 4.97. The van der Waals surface area contributed by atoms with Gasteiger partial charge in [-0.05, 0) is 12.2 Å². The fourth-order valence-electron chi connectivity index (χ4n) is 1.08. The van der Waals surface area contributed by atoms with Crippen LogP contribution in [-0.4, -0.2) is 12.6 Å². The van der Waals surface area contributed by atoms with Crippen molar-refractivity contribution < 1.29 is 9.57 Å². The van der Waals surface area contributed by atoms with Gasteiger partial charge in [0, 0.05) is 13.0 Å². The molecule has 0 amide bonds. The van der Waals surface area contributed by atoms with Crippen LogP contribution in [0.15, 0.2) is 24.2 Å². The Kier molecular flexibility index (Phi) is 1.36. The van der Waals surface area contributed by atoms with E-state index in [1.165, 1.54) is 0 Å². The predicted octanol–water partition coefficient (Wildman–Crippen LogP) is 0.708. The van der Waals surface area contributed by atoms with Crippen LogP contribution < -0.4 is 5.48 Å². The van der Waals surface area contributed by atoms with Gasteiger partial charge in [0.05, 0.1) is 6.26 Å². The van der Waals surface area contributed by atoms with Crippen molar-refractivity contribution in [1.29, 1.82) is 0 Å². The van der Waals surface area contributed by atoms with Gasteiger partial charge in [-0.2, -0.15) is 5.48 Å². The summed E-state index contributed by atoms with van der Waals surface area (Å²) < 4.78 is 5.27. The molecule has 3 heteroatoms. The van der Waals surface area contributed by atoms with E-state index in [9.17, 15) is 0 Å². The van der Waals surface area contributed by atoms with E-state index >= 15 is 0 Å². The molecule has 1 fully saturated rings. The maximum absolute atomic E-state index is 5.27. The normalized spacial score (nSPS) is 29.6. The maximum Gasteiger partial charge on any atom is 0.164 e. The zero-order valence-electron chi connectivity index (χ0n) is 5.54. The highest BCUT2D eigenvalue weighted by molar-refractivity contribution is 5.14. The van der Waals surface area contributed by atoms with Crippen molar-refractivity contribution >= 4 is 0 Å². The molecule has 1 saturated heterocycles. The van der Waals surface area contributed by atoms with Gasteiger partial charge in [-0.3, -0.25) is 0 Å². The lowest BCUT2D eigenvalue weighted by Gasteiger charge is -2.26. The summed E-state index contributed by atoms with van der Waals surface area (Å²) in [5.74, 6) is 0.883. The first kappa shape index (κ1) is 5.80. The summed E-state index contributed by atoms with van der Waals surface area (Å²) in [6.07, 6.45) is 6.57. The highest BCUT2D eigenvalue weighted by Gasteiger charge is 2.21.